The quantitative estimate of drug-likeness (QED) is 0.101. The van der Waals surface area contributed by atoms with Gasteiger partial charge in [0.2, 0.25) is 5.91 Å². The number of pyridine rings is 1. The summed E-state index contributed by atoms with van der Waals surface area (Å²) in [4.78, 5) is 49.4. The first-order chi connectivity index (χ1) is 36.2. The number of fused-ring (bicyclic) bond motifs is 2. The van der Waals surface area contributed by atoms with E-state index < -0.39 is 14.6 Å². The number of carbonyl (C=O) groups excluding carboxylic acids is 1. The number of piperazine rings is 2. The minimum Gasteiger partial charge on any atom is -0.492 e. The number of hydrogen-bond donors (Lipinski definition) is 3. The van der Waals surface area contributed by atoms with Crippen LogP contribution in [0.25, 0.3) is 10.9 Å². The largest absolute Gasteiger partial charge is 0.492 e. The molecule has 0 aliphatic carbocycles. The maximum absolute atomic E-state index is 14.4. The summed E-state index contributed by atoms with van der Waals surface area (Å²) in [6.45, 7) is 25.5. The lowest BCUT2D eigenvalue weighted by Gasteiger charge is -2.46. The highest BCUT2D eigenvalue weighted by Gasteiger charge is 2.42. The smallest absolute Gasteiger partial charge is 0.241 e. The molecule has 404 valence electrons. The number of anilines is 5. The molecule has 3 atom stereocenters. The Morgan fingerprint density at radius 3 is 2.32 bits per heavy atom. The minimum absolute atomic E-state index is 0.0844. The van der Waals surface area contributed by atoms with E-state index in [0.29, 0.717) is 48.7 Å². The van der Waals surface area contributed by atoms with Crippen molar-refractivity contribution in [1.82, 2.24) is 50.2 Å². The summed E-state index contributed by atoms with van der Waals surface area (Å²) in [6.07, 6.45) is 7.32. The molecule has 4 aliphatic rings. The van der Waals surface area contributed by atoms with Gasteiger partial charge in [-0.25, -0.2) is 32.7 Å². The fourth-order valence-corrected chi connectivity index (χ4v) is 12.4. The zero-order valence-corrected chi connectivity index (χ0v) is 46.2. The number of piperidine rings is 1. The Morgan fingerprint density at radius 1 is 0.868 bits per heavy atom. The summed E-state index contributed by atoms with van der Waals surface area (Å²) < 4.78 is 47.3. The number of aromatic amines is 1. The molecule has 3 fully saturated rings. The number of benzene rings is 2. The Bertz CT molecular complexity index is 3190. The highest BCUT2D eigenvalue weighted by atomic mass is 32.2. The Hall–Kier alpha value is -6.35. The molecule has 1 unspecified atom stereocenters. The van der Waals surface area contributed by atoms with Gasteiger partial charge < -0.3 is 30.1 Å². The molecule has 0 radical (unpaired) electrons. The molecule has 76 heavy (non-hydrogen) atoms. The Kier molecular flexibility index (Phi) is 14.8. The first-order valence-corrected chi connectivity index (χ1v) is 28.2. The number of nitrogens with one attached hydrogen (secondary N) is 3. The molecular formula is C56H73FN14O4S. The molecule has 0 bridgehead atoms. The summed E-state index contributed by atoms with van der Waals surface area (Å²) in [5.74, 6) is 3.18. The Labute approximate surface area is 446 Å². The van der Waals surface area contributed by atoms with Crippen molar-refractivity contribution in [3.05, 3.63) is 101 Å². The topological polar surface area (TPSA) is 194 Å². The van der Waals surface area contributed by atoms with E-state index in [1.165, 1.54) is 18.5 Å². The lowest BCUT2D eigenvalue weighted by atomic mass is 9.91. The number of amides is 1. The van der Waals surface area contributed by atoms with E-state index in [1.54, 1.807) is 51.4 Å². The molecule has 0 saturated carbocycles. The van der Waals surface area contributed by atoms with Gasteiger partial charge in [0.05, 0.1) is 34.8 Å². The number of ether oxygens (including phenoxy) is 1. The van der Waals surface area contributed by atoms with Crippen LogP contribution in [0, 0.1) is 25.6 Å². The van der Waals surface area contributed by atoms with E-state index in [9.17, 15) is 17.6 Å². The zero-order chi connectivity index (χ0) is 53.7. The van der Waals surface area contributed by atoms with Crippen LogP contribution >= 0.6 is 0 Å². The number of aryl methyl sites for hydroxylation is 1. The van der Waals surface area contributed by atoms with Crippen molar-refractivity contribution in [1.29, 1.82) is 0 Å². The third kappa shape index (κ3) is 11.1. The third-order valence-electron chi connectivity index (χ3n) is 16.0. The molecule has 4 aliphatic heterocycles. The number of halogens is 1. The van der Waals surface area contributed by atoms with E-state index in [-0.39, 0.29) is 51.8 Å². The van der Waals surface area contributed by atoms with E-state index in [2.05, 4.69) is 90.2 Å². The number of H-pyrrole nitrogens is 1. The number of nitrogens with zero attached hydrogens (tertiary/aromatic N) is 11. The van der Waals surface area contributed by atoms with E-state index in [1.807, 2.05) is 24.9 Å². The van der Waals surface area contributed by atoms with Crippen molar-refractivity contribution in [2.45, 2.75) is 115 Å². The Morgan fingerprint density at radius 2 is 1.61 bits per heavy atom. The fraction of sp³-hybridized carbons (Fsp3) is 0.518. The van der Waals surface area contributed by atoms with Gasteiger partial charge >= 0.3 is 0 Å². The predicted molar refractivity (Wildman–Crippen MR) is 295 cm³/mol. The fourth-order valence-electron chi connectivity index (χ4n) is 11.1. The van der Waals surface area contributed by atoms with Crippen LogP contribution in [-0.4, -0.2) is 154 Å². The minimum atomic E-state index is -3.83. The number of hydrogen-bond acceptors (Lipinski definition) is 16. The number of sulfone groups is 1. The van der Waals surface area contributed by atoms with Gasteiger partial charge in [0.1, 0.15) is 46.6 Å². The highest BCUT2D eigenvalue weighted by molar-refractivity contribution is 7.92. The first-order valence-electron chi connectivity index (χ1n) is 26.7. The molecule has 3 saturated heterocycles. The predicted octanol–water partition coefficient (Wildman–Crippen LogP) is 6.99. The van der Waals surface area contributed by atoms with E-state index in [0.717, 1.165) is 111 Å². The van der Waals surface area contributed by atoms with Crippen molar-refractivity contribution in [3.8, 4) is 5.75 Å². The lowest BCUT2D eigenvalue weighted by molar-refractivity contribution is -0.120. The Balaban J connectivity index is 0.746. The van der Waals surface area contributed by atoms with Crippen LogP contribution in [-0.2, 0) is 26.5 Å². The monoisotopic (exact) mass is 1060 g/mol. The second kappa shape index (κ2) is 21.2. The van der Waals surface area contributed by atoms with Crippen LogP contribution in [0.1, 0.15) is 89.4 Å². The number of aromatic nitrogens is 7. The van der Waals surface area contributed by atoms with Gasteiger partial charge in [-0.3, -0.25) is 24.7 Å². The van der Waals surface area contributed by atoms with Gasteiger partial charge in [-0.2, -0.15) is 5.10 Å². The number of rotatable bonds is 14. The average molecular weight is 1060 g/mol. The second-order valence-corrected chi connectivity index (χ2v) is 25.8. The third-order valence-corrected chi connectivity index (χ3v) is 18.5. The van der Waals surface area contributed by atoms with Crippen LogP contribution in [0.15, 0.2) is 72.3 Å². The molecular weight excluding hydrogens is 984 g/mol. The summed E-state index contributed by atoms with van der Waals surface area (Å²) in [7, 11) is -3.83. The highest BCUT2D eigenvalue weighted by Crippen LogP contribution is 2.41. The first kappa shape index (κ1) is 53.1. The number of carbonyl (C=O) groups is 1. The van der Waals surface area contributed by atoms with Crippen molar-refractivity contribution in [3.63, 3.8) is 0 Å². The maximum Gasteiger partial charge on any atom is 0.241 e. The molecule has 4 aromatic heterocycles. The summed E-state index contributed by atoms with van der Waals surface area (Å²) in [5, 5.41) is 14.9. The lowest BCUT2D eigenvalue weighted by Crippen LogP contribution is -2.63. The molecule has 1 amide bonds. The molecule has 8 heterocycles. The van der Waals surface area contributed by atoms with Crippen LogP contribution in [0.2, 0.25) is 0 Å². The van der Waals surface area contributed by atoms with E-state index in [4.69, 9.17) is 19.7 Å². The molecule has 0 spiro atoms. The van der Waals surface area contributed by atoms with Gasteiger partial charge in [-0.1, -0.05) is 26.0 Å². The van der Waals surface area contributed by atoms with E-state index >= 15 is 0 Å². The van der Waals surface area contributed by atoms with Crippen molar-refractivity contribution in [2.24, 2.45) is 5.92 Å². The van der Waals surface area contributed by atoms with Crippen molar-refractivity contribution in [2.75, 3.05) is 92.1 Å². The normalized spacial score (nSPS) is 20.8. The van der Waals surface area contributed by atoms with Crippen molar-refractivity contribution >= 4 is 55.6 Å². The molecule has 3 N–H and O–H groups in total. The molecule has 20 heteroatoms. The average Bonchev–Trinajstić information content (AvgIpc) is 3.88. The molecule has 6 aromatic rings. The van der Waals surface area contributed by atoms with Gasteiger partial charge in [0.25, 0.3) is 0 Å². The molecule has 18 nitrogen and oxygen atoms in total. The van der Waals surface area contributed by atoms with Crippen LogP contribution < -0.4 is 30.1 Å². The second-order valence-electron chi connectivity index (χ2n) is 23.1. The zero-order valence-electron chi connectivity index (χ0n) is 45.4. The molecule has 2 aromatic carbocycles. The van der Waals surface area contributed by atoms with Crippen LogP contribution in [0.4, 0.5) is 33.3 Å². The van der Waals surface area contributed by atoms with Gasteiger partial charge in [0.15, 0.2) is 15.7 Å². The summed E-state index contributed by atoms with van der Waals surface area (Å²) in [6, 6.07) is 14.8. The van der Waals surface area contributed by atoms with Crippen LogP contribution in [0.3, 0.4) is 0 Å². The van der Waals surface area contributed by atoms with Crippen molar-refractivity contribution < 1.29 is 22.3 Å². The maximum atomic E-state index is 14.4. The molecule has 10 rings (SSSR count). The SMILES string of the molecule is Cc1[nH]nc(Nc2ncnc3cc(OCC4CCN(c5cc(N6CCN(C[C@H]7CNC(C)CN7CC(=O)N7CC(C)(C)c8ncc(Cc9ccc(F)cc9)cc87)[C@H](C)C6)ncn5)CC4)c(S(=O)(=O)C(C)(C)C)cc23)c1C. The summed E-state index contributed by atoms with van der Waals surface area (Å²) in [5.41, 5.74) is 5.94. The van der Waals surface area contributed by atoms with Gasteiger partial charge in [0, 0.05) is 117 Å². The standard InChI is InChI=1S/C56H73FN14O4S/c1-35-27-70(30-51(72)71-32-56(8,9)52-46(71)21-41(25-59-52)20-39-10-12-42(57)13-11-39)43(26-58-35)29-68-18-19-69(28-36(68)2)50-24-49(61-34-62-50)67-16-14-40(15-17-67)31-75-47-23-45-44(22-48(47)76(73,74)55(5,6)7)54(63-33-60-45)64-53-37(3)38(4)65-66-53/h10-13,21-25,33-36,40,43,58H,14-20,26-32H2,1-9H3,(H2,60,63,64,65,66)/t35?,36-,43-/m1/s1. The van der Waals surface area contributed by atoms with Gasteiger partial charge in [-0.15, -0.1) is 0 Å². The van der Waals surface area contributed by atoms with Crippen LogP contribution in [0.5, 0.6) is 5.75 Å². The summed E-state index contributed by atoms with van der Waals surface area (Å²) >= 11 is 0. The van der Waals surface area contributed by atoms with Gasteiger partial charge in [-0.05, 0) is 109 Å².